The van der Waals surface area contributed by atoms with Gasteiger partial charge in [-0.1, -0.05) is 31.5 Å². The highest BCUT2D eigenvalue weighted by Gasteiger charge is 2.17. The maximum absolute atomic E-state index is 12.6. The van der Waals surface area contributed by atoms with Crippen LogP contribution in [-0.4, -0.2) is 32.1 Å². The van der Waals surface area contributed by atoms with E-state index in [-0.39, 0.29) is 11.3 Å². The van der Waals surface area contributed by atoms with Gasteiger partial charge in [0.15, 0.2) is 11.5 Å². The minimum absolute atomic E-state index is 0.0199. The highest BCUT2D eigenvalue weighted by molar-refractivity contribution is 6.01. The van der Waals surface area contributed by atoms with Gasteiger partial charge in [0, 0.05) is 6.54 Å². The molecule has 0 aliphatic carbocycles. The van der Waals surface area contributed by atoms with Gasteiger partial charge in [0.1, 0.15) is 23.0 Å². The van der Waals surface area contributed by atoms with E-state index in [4.69, 9.17) is 14.2 Å². The first-order valence-corrected chi connectivity index (χ1v) is 10.1. The summed E-state index contributed by atoms with van der Waals surface area (Å²) in [6.07, 6.45) is 3.24. The Hall–Kier alpha value is -3.79. The van der Waals surface area contributed by atoms with Gasteiger partial charge in [0.05, 0.1) is 13.7 Å². The fraction of sp³-hybridized carbons (Fsp3) is 0.292. The van der Waals surface area contributed by atoms with Crippen molar-refractivity contribution in [1.29, 1.82) is 5.26 Å². The first kappa shape index (κ1) is 23.5. The number of carbonyl (C=O) groups excluding carboxylic acids is 2. The normalized spacial score (nSPS) is 10.7. The number of nitrogens with one attached hydrogen (secondary N) is 1. The molecule has 0 aliphatic heterocycles. The summed E-state index contributed by atoms with van der Waals surface area (Å²) in [7, 11) is 1.44. The Morgan fingerprint density at radius 2 is 1.87 bits per heavy atom. The summed E-state index contributed by atoms with van der Waals surface area (Å²) < 4.78 is 16.3. The van der Waals surface area contributed by atoms with E-state index < -0.39 is 11.9 Å². The van der Waals surface area contributed by atoms with E-state index in [1.807, 2.05) is 19.9 Å². The van der Waals surface area contributed by atoms with Gasteiger partial charge in [-0.05, 0) is 49.2 Å². The standard InChI is InChI=1S/C24H26N2O5/c1-4-6-13-26-23(27)18(16-25)14-17-11-12-21(22(15-17)29-3)31-24(28)19-9-7-8-10-20(19)30-5-2/h7-12,14-15H,4-6,13H2,1-3H3,(H,26,27)/b18-14+. The van der Waals surface area contributed by atoms with Crippen LogP contribution in [0, 0.1) is 11.3 Å². The number of para-hydroxylation sites is 1. The molecule has 2 aromatic rings. The number of esters is 1. The Morgan fingerprint density at radius 1 is 1.10 bits per heavy atom. The third-order valence-electron chi connectivity index (χ3n) is 4.29. The summed E-state index contributed by atoms with van der Waals surface area (Å²) >= 11 is 0. The predicted octanol–water partition coefficient (Wildman–Crippen LogP) is 4.14. The van der Waals surface area contributed by atoms with E-state index in [1.54, 1.807) is 42.5 Å². The lowest BCUT2D eigenvalue weighted by Crippen LogP contribution is -2.25. The number of benzene rings is 2. The predicted molar refractivity (Wildman–Crippen MR) is 117 cm³/mol. The number of unbranched alkanes of at least 4 members (excludes halogenated alkanes) is 1. The third kappa shape index (κ3) is 6.61. The molecule has 0 saturated heterocycles. The van der Waals surface area contributed by atoms with Crippen LogP contribution in [-0.2, 0) is 4.79 Å². The zero-order valence-corrected chi connectivity index (χ0v) is 17.9. The molecule has 2 rings (SSSR count). The number of rotatable bonds is 10. The van der Waals surface area contributed by atoms with Crippen LogP contribution in [0.2, 0.25) is 0 Å². The Labute approximate surface area is 182 Å². The van der Waals surface area contributed by atoms with E-state index >= 15 is 0 Å². The van der Waals surface area contributed by atoms with E-state index in [0.717, 1.165) is 12.8 Å². The van der Waals surface area contributed by atoms with Gasteiger partial charge in [0.25, 0.3) is 5.91 Å². The number of hydrogen-bond donors (Lipinski definition) is 1. The molecule has 2 aromatic carbocycles. The summed E-state index contributed by atoms with van der Waals surface area (Å²) in [5.74, 6) is -0.0839. The molecule has 7 nitrogen and oxygen atoms in total. The maximum atomic E-state index is 12.6. The molecule has 0 aromatic heterocycles. The summed E-state index contributed by atoms with van der Waals surface area (Å²) in [6, 6.07) is 13.5. The van der Waals surface area contributed by atoms with Crippen LogP contribution >= 0.6 is 0 Å². The van der Waals surface area contributed by atoms with Gasteiger partial charge in [0.2, 0.25) is 0 Å². The molecule has 162 valence electrons. The Morgan fingerprint density at radius 3 is 2.55 bits per heavy atom. The van der Waals surface area contributed by atoms with Gasteiger partial charge < -0.3 is 19.5 Å². The number of methoxy groups -OCH3 is 1. The molecule has 0 heterocycles. The Bertz CT molecular complexity index is 992. The second-order valence-corrected chi connectivity index (χ2v) is 6.51. The Kier molecular flexibility index (Phi) is 9.12. The topological polar surface area (TPSA) is 97.7 Å². The van der Waals surface area contributed by atoms with Crippen molar-refractivity contribution in [3.8, 4) is 23.3 Å². The number of nitriles is 1. The van der Waals surface area contributed by atoms with Gasteiger partial charge in [-0.15, -0.1) is 0 Å². The van der Waals surface area contributed by atoms with E-state index in [1.165, 1.54) is 13.2 Å². The molecule has 0 saturated carbocycles. The van der Waals surface area contributed by atoms with Crippen molar-refractivity contribution in [1.82, 2.24) is 5.32 Å². The number of ether oxygens (including phenoxy) is 3. The minimum atomic E-state index is -0.585. The van der Waals surface area contributed by atoms with Crippen molar-refractivity contribution >= 4 is 18.0 Å². The Balaban J connectivity index is 2.22. The smallest absolute Gasteiger partial charge is 0.347 e. The highest BCUT2D eigenvalue weighted by Crippen LogP contribution is 2.30. The van der Waals surface area contributed by atoms with Gasteiger partial charge in [-0.25, -0.2) is 4.79 Å². The molecule has 0 fully saturated rings. The quantitative estimate of drug-likeness (QED) is 0.203. The first-order chi connectivity index (χ1) is 15.0. The molecular formula is C24H26N2O5. The third-order valence-corrected chi connectivity index (χ3v) is 4.29. The van der Waals surface area contributed by atoms with Crippen LogP contribution in [0.25, 0.3) is 6.08 Å². The molecule has 0 spiro atoms. The van der Waals surface area contributed by atoms with Crippen LogP contribution in [0.5, 0.6) is 17.2 Å². The fourth-order valence-corrected chi connectivity index (χ4v) is 2.72. The number of amides is 1. The lowest BCUT2D eigenvalue weighted by molar-refractivity contribution is -0.117. The molecule has 31 heavy (non-hydrogen) atoms. The maximum Gasteiger partial charge on any atom is 0.347 e. The number of hydrogen-bond acceptors (Lipinski definition) is 6. The molecule has 0 aliphatic rings. The van der Waals surface area contributed by atoms with E-state index in [2.05, 4.69) is 5.32 Å². The highest BCUT2D eigenvalue weighted by atomic mass is 16.6. The van der Waals surface area contributed by atoms with Gasteiger partial charge in [-0.3, -0.25) is 4.79 Å². The van der Waals surface area contributed by atoms with Crippen LogP contribution < -0.4 is 19.5 Å². The van der Waals surface area contributed by atoms with Crippen LogP contribution in [0.4, 0.5) is 0 Å². The largest absolute Gasteiger partial charge is 0.493 e. The van der Waals surface area contributed by atoms with Crippen molar-refractivity contribution in [2.24, 2.45) is 0 Å². The van der Waals surface area contributed by atoms with Crippen molar-refractivity contribution in [2.75, 3.05) is 20.3 Å². The molecule has 1 amide bonds. The van der Waals surface area contributed by atoms with Crippen molar-refractivity contribution in [2.45, 2.75) is 26.7 Å². The summed E-state index contributed by atoms with van der Waals surface area (Å²) in [6.45, 7) is 4.78. The summed E-state index contributed by atoms with van der Waals surface area (Å²) in [4.78, 5) is 24.8. The minimum Gasteiger partial charge on any atom is -0.493 e. The number of nitrogens with zero attached hydrogens (tertiary/aromatic N) is 1. The summed E-state index contributed by atoms with van der Waals surface area (Å²) in [5.41, 5.74) is 0.841. The van der Waals surface area contributed by atoms with Crippen molar-refractivity contribution < 1.29 is 23.8 Å². The number of carbonyl (C=O) groups is 2. The van der Waals surface area contributed by atoms with Crippen LogP contribution in [0.1, 0.15) is 42.6 Å². The van der Waals surface area contributed by atoms with E-state index in [9.17, 15) is 14.9 Å². The molecule has 0 bridgehead atoms. The van der Waals surface area contributed by atoms with Crippen LogP contribution in [0.3, 0.4) is 0 Å². The second-order valence-electron chi connectivity index (χ2n) is 6.51. The molecule has 0 atom stereocenters. The SMILES string of the molecule is CCCCNC(=O)/C(C#N)=C/c1ccc(OC(=O)c2ccccc2OCC)c(OC)c1. The van der Waals surface area contributed by atoms with Crippen molar-refractivity contribution in [3.05, 3.63) is 59.2 Å². The first-order valence-electron chi connectivity index (χ1n) is 10.1. The zero-order valence-electron chi connectivity index (χ0n) is 17.9. The van der Waals surface area contributed by atoms with Gasteiger partial charge in [-0.2, -0.15) is 5.26 Å². The lowest BCUT2D eigenvalue weighted by atomic mass is 10.1. The van der Waals surface area contributed by atoms with Crippen LogP contribution in [0.15, 0.2) is 48.0 Å². The molecular weight excluding hydrogens is 396 g/mol. The second kappa shape index (κ2) is 12.0. The molecule has 1 N–H and O–H groups in total. The molecule has 0 radical (unpaired) electrons. The zero-order chi connectivity index (χ0) is 22.6. The summed E-state index contributed by atoms with van der Waals surface area (Å²) in [5, 5.41) is 12.0. The van der Waals surface area contributed by atoms with Gasteiger partial charge >= 0.3 is 5.97 Å². The molecule has 7 heteroatoms. The lowest BCUT2D eigenvalue weighted by Gasteiger charge is -2.12. The van der Waals surface area contributed by atoms with E-state index in [0.29, 0.717) is 35.8 Å². The average Bonchev–Trinajstić information content (AvgIpc) is 2.78. The fourth-order valence-electron chi connectivity index (χ4n) is 2.72. The monoisotopic (exact) mass is 422 g/mol. The average molecular weight is 422 g/mol. The van der Waals surface area contributed by atoms with Crippen molar-refractivity contribution in [3.63, 3.8) is 0 Å². The molecule has 0 unspecified atom stereocenters.